The molecule has 3 rings (SSSR count). The van der Waals surface area contributed by atoms with Crippen LogP contribution in [-0.2, 0) is 14.3 Å². The van der Waals surface area contributed by atoms with E-state index in [0.29, 0.717) is 13.1 Å². The quantitative estimate of drug-likeness (QED) is 0.849. The number of hydrogen-bond acceptors (Lipinski definition) is 4. The summed E-state index contributed by atoms with van der Waals surface area (Å²) >= 11 is 0. The number of nitrogens with zero attached hydrogens (tertiary/aromatic N) is 1. The molecule has 0 bridgehead atoms. The number of hydrogen-bond donors (Lipinski definition) is 2. The zero-order valence-corrected chi connectivity index (χ0v) is 13.0. The van der Waals surface area contributed by atoms with Gasteiger partial charge in [0.2, 0.25) is 5.91 Å². The Hall–Kier alpha value is -1.92. The fourth-order valence-corrected chi connectivity index (χ4v) is 3.20. The van der Waals surface area contributed by atoms with E-state index >= 15 is 0 Å². The number of aliphatic hydroxyl groups is 1. The summed E-state index contributed by atoms with van der Waals surface area (Å²) in [6.07, 6.45) is 0.912. The molecule has 23 heavy (non-hydrogen) atoms. The van der Waals surface area contributed by atoms with Crippen molar-refractivity contribution in [2.75, 3.05) is 26.3 Å². The van der Waals surface area contributed by atoms with Gasteiger partial charge in [-0.25, -0.2) is 0 Å². The van der Waals surface area contributed by atoms with Gasteiger partial charge in [0.15, 0.2) is 6.10 Å². The number of carbonyl (C=O) groups is 2. The van der Waals surface area contributed by atoms with Gasteiger partial charge < -0.3 is 20.1 Å². The second kappa shape index (κ2) is 7.10. The predicted octanol–water partition coefficient (Wildman–Crippen LogP) is 0.474. The first-order valence-corrected chi connectivity index (χ1v) is 8.04. The monoisotopic (exact) mass is 318 g/mol. The van der Waals surface area contributed by atoms with Crippen molar-refractivity contribution >= 4 is 11.8 Å². The molecule has 0 aromatic heterocycles. The summed E-state index contributed by atoms with van der Waals surface area (Å²) in [7, 11) is 0. The summed E-state index contributed by atoms with van der Waals surface area (Å²) in [4.78, 5) is 26.3. The maximum absolute atomic E-state index is 12.8. The second-order valence-electron chi connectivity index (χ2n) is 6.14. The number of likely N-dealkylation sites (tertiary alicyclic amines) is 1. The minimum atomic E-state index is -0.694. The molecule has 2 saturated heterocycles. The van der Waals surface area contributed by atoms with E-state index in [1.54, 1.807) is 4.90 Å². The Morgan fingerprint density at radius 2 is 1.96 bits per heavy atom. The first-order valence-electron chi connectivity index (χ1n) is 8.04. The average Bonchev–Trinajstić information content (AvgIpc) is 2.62. The van der Waals surface area contributed by atoms with E-state index in [4.69, 9.17) is 4.74 Å². The van der Waals surface area contributed by atoms with Crippen molar-refractivity contribution < 1.29 is 19.4 Å². The SMILES string of the molecule is O=C1CO[C@H](C(=O)N2CCC(CO)CC2)[C@@H](c2ccccc2)N1. The van der Waals surface area contributed by atoms with Gasteiger partial charge in [0.25, 0.3) is 5.91 Å². The second-order valence-corrected chi connectivity index (χ2v) is 6.14. The van der Waals surface area contributed by atoms with Crippen molar-refractivity contribution in [3.8, 4) is 0 Å². The van der Waals surface area contributed by atoms with Crippen molar-refractivity contribution in [1.29, 1.82) is 0 Å². The Morgan fingerprint density at radius 3 is 2.61 bits per heavy atom. The van der Waals surface area contributed by atoms with Gasteiger partial charge >= 0.3 is 0 Å². The van der Waals surface area contributed by atoms with Crippen LogP contribution >= 0.6 is 0 Å². The molecule has 2 heterocycles. The average molecular weight is 318 g/mol. The highest BCUT2D eigenvalue weighted by molar-refractivity contribution is 5.86. The third-order valence-corrected chi connectivity index (χ3v) is 4.60. The predicted molar refractivity (Wildman–Crippen MR) is 83.5 cm³/mol. The summed E-state index contributed by atoms with van der Waals surface area (Å²) in [6.45, 7) is 1.33. The van der Waals surface area contributed by atoms with Crippen molar-refractivity contribution in [3.63, 3.8) is 0 Å². The topological polar surface area (TPSA) is 78.9 Å². The van der Waals surface area contributed by atoms with E-state index in [1.165, 1.54) is 0 Å². The van der Waals surface area contributed by atoms with Crippen LogP contribution in [0, 0.1) is 5.92 Å². The van der Waals surface area contributed by atoms with Gasteiger partial charge in [0.1, 0.15) is 6.61 Å². The molecule has 0 saturated carbocycles. The molecule has 6 nitrogen and oxygen atoms in total. The van der Waals surface area contributed by atoms with Crippen LogP contribution in [0.5, 0.6) is 0 Å². The van der Waals surface area contributed by atoms with Crippen LogP contribution in [-0.4, -0.2) is 54.2 Å². The van der Waals surface area contributed by atoms with Gasteiger partial charge in [0, 0.05) is 19.7 Å². The van der Waals surface area contributed by atoms with Gasteiger partial charge in [-0.1, -0.05) is 30.3 Å². The summed E-state index contributed by atoms with van der Waals surface area (Å²) in [6, 6.07) is 8.97. The summed E-state index contributed by atoms with van der Waals surface area (Å²) in [5.41, 5.74) is 0.865. The molecule has 1 aromatic rings. The molecule has 2 amide bonds. The molecular weight excluding hydrogens is 296 g/mol. The lowest BCUT2D eigenvalue weighted by Gasteiger charge is -2.37. The van der Waals surface area contributed by atoms with Crippen LogP contribution in [0.15, 0.2) is 30.3 Å². The zero-order valence-electron chi connectivity index (χ0n) is 13.0. The van der Waals surface area contributed by atoms with E-state index in [1.807, 2.05) is 30.3 Å². The maximum atomic E-state index is 12.8. The minimum Gasteiger partial charge on any atom is -0.396 e. The molecule has 2 fully saturated rings. The molecule has 1 aromatic carbocycles. The Labute approximate surface area is 135 Å². The van der Waals surface area contributed by atoms with Gasteiger partial charge in [0.05, 0.1) is 6.04 Å². The van der Waals surface area contributed by atoms with Crippen LogP contribution in [0.25, 0.3) is 0 Å². The van der Waals surface area contributed by atoms with Crippen molar-refractivity contribution in [2.45, 2.75) is 25.0 Å². The third-order valence-electron chi connectivity index (χ3n) is 4.60. The molecule has 0 unspecified atom stereocenters. The van der Waals surface area contributed by atoms with Crippen LogP contribution in [0.3, 0.4) is 0 Å². The summed E-state index contributed by atoms with van der Waals surface area (Å²) in [5, 5.41) is 12.1. The lowest BCUT2D eigenvalue weighted by atomic mass is 9.95. The highest BCUT2D eigenvalue weighted by atomic mass is 16.5. The number of rotatable bonds is 3. The Morgan fingerprint density at radius 1 is 1.26 bits per heavy atom. The fraction of sp³-hybridized carbons (Fsp3) is 0.529. The molecule has 2 aliphatic rings. The van der Waals surface area contributed by atoms with Crippen LogP contribution in [0.1, 0.15) is 24.4 Å². The Kier molecular flexibility index (Phi) is 4.93. The van der Waals surface area contributed by atoms with Crippen molar-refractivity contribution in [2.24, 2.45) is 5.92 Å². The molecule has 2 aliphatic heterocycles. The number of carbonyl (C=O) groups excluding carboxylic acids is 2. The number of amides is 2. The number of piperidine rings is 1. The molecule has 0 radical (unpaired) electrons. The number of nitrogens with one attached hydrogen (secondary N) is 1. The standard InChI is InChI=1S/C17H22N2O4/c20-10-12-6-8-19(9-7-12)17(22)16-15(18-14(21)11-23-16)13-4-2-1-3-5-13/h1-5,12,15-16,20H,6-11H2,(H,18,21)/t15-,16+/m1/s1. The normalized spacial score (nSPS) is 26.0. The lowest BCUT2D eigenvalue weighted by molar-refractivity contribution is -0.156. The number of aliphatic hydroxyl groups excluding tert-OH is 1. The van der Waals surface area contributed by atoms with Gasteiger partial charge in [-0.2, -0.15) is 0 Å². The zero-order chi connectivity index (χ0) is 16.2. The summed E-state index contributed by atoms with van der Waals surface area (Å²) in [5.74, 6) is -0.0203. The smallest absolute Gasteiger partial charge is 0.254 e. The van der Waals surface area contributed by atoms with E-state index < -0.39 is 12.1 Å². The Balaban J connectivity index is 1.73. The molecule has 2 N–H and O–H groups in total. The van der Waals surface area contributed by atoms with Crippen molar-refractivity contribution in [3.05, 3.63) is 35.9 Å². The highest BCUT2D eigenvalue weighted by Crippen LogP contribution is 2.26. The molecule has 0 spiro atoms. The molecular formula is C17H22N2O4. The third kappa shape index (κ3) is 3.54. The molecule has 2 atom stereocenters. The van der Waals surface area contributed by atoms with E-state index in [-0.39, 0.29) is 30.9 Å². The maximum Gasteiger partial charge on any atom is 0.254 e. The van der Waals surface area contributed by atoms with E-state index in [0.717, 1.165) is 18.4 Å². The molecule has 6 heteroatoms. The van der Waals surface area contributed by atoms with Gasteiger partial charge in [-0.3, -0.25) is 9.59 Å². The number of ether oxygens (including phenoxy) is 1. The largest absolute Gasteiger partial charge is 0.396 e. The van der Waals surface area contributed by atoms with Gasteiger partial charge in [-0.05, 0) is 24.3 Å². The van der Waals surface area contributed by atoms with Gasteiger partial charge in [-0.15, -0.1) is 0 Å². The summed E-state index contributed by atoms with van der Waals surface area (Å²) < 4.78 is 5.57. The van der Waals surface area contributed by atoms with Crippen LogP contribution < -0.4 is 5.32 Å². The van der Waals surface area contributed by atoms with E-state index in [2.05, 4.69) is 5.32 Å². The first-order chi connectivity index (χ1) is 11.2. The fourth-order valence-electron chi connectivity index (χ4n) is 3.20. The molecule has 0 aliphatic carbocycles. The molecule has 124 valence electrons. The lowest BCUT2D eigenvalue weighted by Crippen LogP contribution is -2.54. The van der Waals surface area contributed by atoms with Crippen LogP contribution in [0.4, 0.5) is 0 Å². The highest BCUT2D eigenvalue weighted by Gasteiger charge is 2.39. The van der Waals surface area contributed by atoms with Crippen LogP contribution in [0.2, 0.25) is 0 Å². The number of morpholine rings is 1. The minimum absolute atomic E-state index is 0.0877. The van der Waals surface area contributed by atoms with E-state index in [9.17, 15) is 14.7 Å². The van der Waals surface area contributed by atoms with Crippen molar-refractivity contribution in [1.82, 2.24) is 10.2 Å². The number of benzene rings is 1. The Bertz CT molecular complexity index is 555. The first kappa shape index (κ1) is 16.0.